The molecule has 0 saturated carbocycles. The van der Waals surface area contributed by atoms with Gasteiger partial charge < -0.3 is 34.1 Å². The van der Waals surface area contributed by atoms with Crippen LogP contribution in [0.25, 0.3) is 0 Å². The summed E-state index contributed by atoms with van der Waals surface area (Å²) < 4.78 is 25.1. The number of rotatable bonds is 17. The molecule has 1 saturated heterocycles. The Bertz CT molecular complexity index is 1660. The number of hydrogen-bond acceptors (Lipinski definition) is 9. The highest BCUT2D eigenvalue weighted by Crippen LogP contribution is 2.42. The number of aliphatic imine (C=N–C) groups is 1. The Balaban J connectivity index is 1.42. The van der Waals surface area contributed by atoms with E-state index in [4.69, 9.17) is 18.9 Å². The first-order valence-electron chi connectivity index (χ1n) is 17.2. The van der Waals surface area contributed by atoms with Crippen LogP contribution >= 0.6 is 0 Å². The zero-order chi connectivity index (χ0) is 35.5. The van der Waals surface area contributed by atoms with Gasteiger partial charge in [0.1, 0.15) is 35.4 Å². The molecule has 2 heterocycles. The van der Waals surface area contributed by atoms with E-state index in [1.165, 1.54) is 10.8 Å². The van der Waals surface area contributed by atoms with Gasteiger partial charge in [-0.3, -0.25) is 4.57 Å². The predicted molar refractivity (Wildman–Crippen MR) is 192 cm³/mol. The van der Waals surface area contributed by atoms with E-state index in [1.54, 1.807) is 26.6 Å². The van der Waals surface area contributed by atoms with Gasteiger partial charge in [-0.1, -0.05) is 81.3 Å². The van der Waals surface area contributed by atoms with Gasteiger partial charge in [-0.05, 0) is 59.9 Å². The van der Waals surface area contributed by atoms with Crippen molar-refractivity contribution >= 4 is 12.2 Å². The van der Waals surface area contributed by atoms with Crippen molar-refractivity contribution in [1.29, 1.82) is 0 Å². The van der Waals surface area contributed by atoms with Crippen molar-refractivity contribution in [2.75, 3.05) is 33.9 Å². The standard InChI is InChI=1S/C39H48N4O7/c1-5-7-23-42(24-8-6-2)27-40-34-22-25-43(38(46)41-34)37-36(45)35(44)33(50-37)26-49-39(28-12-10-9-11-13-28,29-14-18-31(47-3)19-15-29)30-16-20-32(48-4)21-17-30/h9-22,25,27,33,35-37,44-45H,5-8,23-24,26H2,1-4H3/t33-,35-,36-,37-/m0/s1. The molecule has 11 heteroatoms. The van der Waals surface area contributed by atoms with E-state index in [0.717, 1.165) is 55.5 Å². The molecule has 0 unspecified atom stereocenters. The fourth-order valence-corrected chi connectivity index (χ4v) is 6.14. The normalized spacial score (nSPS) is 19.2. The van der Waals surface area contributed by atoms with Crippen LogP contribution in [0.1, 0.15) is 62.4 Å². The van der Waals surface area contributed by atoms with Gasteiger partial charge in [0.25, 0.3) is 0 Å². The van der Waals surface area contributed by atoms with Gasteiger partial charge in [-0.25, -0.2) is 9.79 Å². The molecule has 0 radical (unpaired) electrons. The summed E-state index contributed by atoms with van der Waals surface area (Å²) in [6, 6.07) is 26.5. The van der Waals surface area contributed by atoms with Crippen LogP contribution in [-0.2, 0) is 15.1 Å². The third-order valence-corrected chi connectivity index (χ3v) is 9.02. The average molecular weight is 685 g/mol. The summed E-state index contributed by atoms with van der Waals surface area (Å²) in [4.78, 5) is 23.9. The second kappa shape index (κ2) is 17.4. The Morgan fingerprint density at radius 2 is 1.40 bits per heavy atom. The minimum Gasteiger partial charge on any atom is -0.497 e. The molecule has 50 heavy (non-hydrogen) atoms. The molecule has 4 aromatic rings. The van der Waals surface area contributed by atoms with Gasteiger partial charge in [-0.2, -0.15) is 4.98 Å². The molecular formula is C39H48N4O7. The smallest absolute Gasteiger partial charge is 0.351 e. The summed E-state index contributed by atoms with van der Waals surface area (Å²) >= 11 is 0. The number of benzene rings is 3. The summed E-state index contributed by atoms with van der Waals surface area (Å²) in [6.45, 7) is 5.92. The maximum absolute atomic E-state index is 13.2. The van der Waals surface area contributed by atoms with E-state index in [-0.39, 0.29) is 12.4 Å². The van der Waals surface area contributed by atoms with Crippen molar-refractivity contribution in [2.45, 2.75) is 69.7 Å². The van der Waals surface area contributed by atoms with Gasteiger partial charge in [0, 0.05) is 19.3 Å². The molecule has 0 spiro atoms. The van der Waals surface area contributed by atoms with Crippen molar-refractivity contribution in [3.8, 4) is 11.5 Å². The molecule has 2 N–H and O–H groups in total. The lowest BCUT2D eigenvalue weighted by Gasteiger charge is -2.37. The number of aliphatic hydroxyl groups is 2. The first-order chi connectivity index (χ1) is 24.3. The van der Waals surface area contributed by atoms with Crippen LogP contribution in [-0.4, -0.2) is 83.2 Å². The molecule has 0 aliphatic carbocycles. The van der Waals surface area contributed by atoms with Crippen LogP contribution in [0.15, 0.2) is 101 Å². The van der Waals surface area contributed by atoms with E-state index >= 15 is 0 Å². The van der Waals surface area contributed by atoms with E-state index in [9.17, 15) is 15.0 Å². The maximum atomic E-state index is 13.2. The Morgan fingerprint density at radius 3 is 1.92 bits per heavy atom. The number of hydrogen-bond donors (Lipinski definition) is 2. The molecule has 4 atom stereocenters. The number of aliphatic hydroxyl groups excluding tert-OH is 2. The van der Waals surface area contributed by atoms with E-state index in [2.05, 4.69) is 28.7 Å². The van der Waals surface area contributed by atoms with Crippen LogP contribution in [0.5, 0.6) is 11.5 Å². The Morgan fingerprint density at radius 1 is 0.840 bits per heavy atom. The highest BCUT2D eigenvalue weighted by molar-refractivity contribution is 5.59. The minimum atomic E-state index is -1.41. The summed E-state index contributed by atoms with van der Waals surface area (Å²) in [7, 11) is 3.22. The number of unbranched alkanes of at least 4 members (excludes halogenated alkanes) is 2. The second-order valence-corrected chi connectivity index (χ2v) is 12.3. The summed E-state index contributed by atoms with van der Waals surface area (Å²) in [5, 5.41) is 22.3. The lowest BCUT2D eigenvalue weighted by atomic mass is 9.80. The van der Waals surface area contributed by atoms with Crippen molar-refractivity contribution in [3.05, 3.63) is 118 Å². The number of aromatic nitrogens is 2. The van der Waals surface area contributed by atoms with Crippen LogP contribution in [0, 0.1) is 0 Å². The zero-order valence-corrected chi connectivity index (χ0v) is 29.2. The summed E-state index contributed by atoms with van der Waals surface area (Å²) in [5.74, 6) is 1.63. The van der Waals surface area contributed by atoms with Gasteiger partial charge in [-0.15, -0.1) is 0 Å². The Labute approximate surface area is 293 Å². The van der Waals surface area contributed by atoms with Gasteiger partial charge >= 0.3 is 5.69 Å². The fraction of sp³-hybridized carbons (Fsp3) is 0.410. The second-order valence-electron chi connectivity index (χ2n) is 12.3. The number of nitrogens with zero attached hydrogens (tertiary/aromatic N) is 4. The summed E-state index contributed by atoms with van der Waals surface area (Å²) in [6.07, 6.45) is 2.52. The Kier molecular flexibility index (Phi) is 12.8. The van der Waals surface area contributed by atoms with Gasteiger partial charge in [0.2, 0.25) is 0 Å². The fourth-order valence-electron chi connectivity index (χ4n) is 6.14. The molecule has 5 rings (SSSR count). The van der Waals surface area contributed by atoms with Crippen LogP contribution in [0.4, 0.5) is 5.82 Å². The molecule has 1 aromatic heterocycles. The number of ether oxygens (including phenoxy) is 4. The van der Waals surface area contributed by atoms with Crippen LogP contribution < -0.4 is 15.2 Å². The first kappa shape index (κ1) is 36.7. The maximum Gasteiger partial charge on any atom is 0.351 e. The van der Waals surface area contributed by atoms with E-state index in [1.807, 2.05) is 78.9 Å². The molecule has 266 valence electrons. The average Bonchev–Trinajstić information content (AvgIpc) is 3.44. The third-order valence-electron chi connectivity index (χ3n) is 9.02. The van der Waals surface area contributed by atoms with Crippen molar-refractivity contribution in [1.82, 2.24) is 14.5 Å². The number of methoxy groups -OCH3 is 2. The Hall–Kier alpha value is -4.55. The lowest BCUT2D eigenvalue weighted by Crippen LogP contribution is -2.39. The SMILES string of the molecule is CCCCN(C=Nc1ccn([C@H]2O[C@@H](COC(c3ccccc3)(c3ccc(OC)cc3)c3ccc(OC)cc3)[C@H](O)[C@@H]2O)c(=O)n1)CCCC. The van der Waals surface area contributed by atoms with E-state index in [0.29, 0.717) is 11.5 Å². The highest BCUT2D eigenvalue weighted by Gasteiger charge is 2.46. The van der Waals surface area contributed by atoms with Crippen molar-refractivity contribution in [3.63, 3.8) is 0 Å². The molecule has 0 amide bonds. The monoisotopic (exact) mass is 684 g/mol. The topological polar surface area (TPSA) is 128 Å². The molecule has 11 nitrogen and oxygen atoms in total. The molecule has 1 aliphatic rings. The van der Waals surface area contributed by atoms with Gasteiger partial charge in [0.15, 0.2) is 12.0 Å². The van der Waals surface area contributed by atoms with Crippen LogP contribution in [0.2, 0.25) is 0 Å². The first-order valence-corrected chi connectivity index (χ1v) is 17.2. The minimum absolute atomic E-state index is 0.127. The highest BCUT2D eigenvalue weighted by atomic mass is 16.6. The predicted octanol–water partition coefficient (Wildman–Crippen LogP) is 5.45. The van der Waals surface area contributed by atoms with Crippen molar-refractivity contribution in [2.24, 2.45) is 4.99 Å². The molecule has 3 aromatic carbocycles. The molecular weight excluding hydrogens is 636 g/mol. The lowest BCUT2D eigenvalue weighted by molar-refractivity contribution is -0.0958. The molecule has 1 aliphatic heterocycles. The third kappa shape index (κ3) is 8.24. The largest absolute Gasteiger partial charge is 0.497 e. The summed E-state index contributed by atoms with van der Waals surface area (Å²) in [5.41, 5.74) is 0.629. The van der Waals surface area contributed by atoms with Gasteiger partial charge in [0.05, 0.1) is 27.2 Å². The molecule has 1 fully saturated rings. The van der Waals surface area contributed by atoms with Crippen LogP contribution in [0.3, 0.4) is 0 Å². The quantitative estimate of drug-likeness (QED) is 0.0848. The van der Waals surface area contributed by atoms with E-state index < -0.39 is 35.8 Å². The zero-order valence-electron chi connectivity index (χ0n) is 29.2. The molecule has 0 bridgehead atoms. The van der Waals surface area contributed by atoms with Crippen molar-refractivity contribution < 1.29 is 29.2 Å².